The zero-order valence-corrected chi connectivity index (χ0v) is 9.12. The summed E-state index contributed by atoms with van der Waals surface area (Å²) in [4.78, 5) is 13.0. The fraction of sp³-hybridized carbons (Fsp3) is 0.800. The highest BCUT2D eigenvalue weighted by Gasteiger charge is 2.12. The van der Waals surface area contributed by atoms with Crippen LogP contribution in [0.4, 0.5) is 0 Å². The monoisotopic (exact) mass is 198 g/mol. The van der Waals surface area contributed by atoms with E-state index >= 15 is 0 Å². The van der Waals surface area contributed by atoms with Gasteiger partial charge in [-0.3, -0.25) is 4.79 Å². The summed E-state index contributed by atoms with van der Waals surface area (Å²) in [5, 5.41) is 8.50. The maximum absolute atomic E-state index is 11.5. The summed E-state index contributed by atoms with van der Waals surface area (Å²) >= 11 is 0. The molecule has 4 heteroatoms. The first kappa shape index (κ1) is 12.9. The number of hydrogen-bond donors (Lipinski definition) is 0. The van der Waals surface area contributed by atoms with Crippen LogP contribution in [0.5, 0.6) is 0 Å². The lowest BCUT2D eigenvalue weighted by Gasteiger charge is -2.19. The highest BCUT2D eigenvalue weighted by Crippen LogP contribution is 1.95. The largest absolute Gasteiger partial charge is 0.369 e. The molecule has 0 aliphatic rings. The number of rotatable bonds is 6. The number of nitrogens with zero attached hydrogens (tertiary/aromatic N) is 2. The molecule has 0 heterocycles. The van der Waals surface area contributed by atoms with Gasteiger partial charge in [0.05, 0.1) is 12.2 Å². The van der Waals surface area contributed by atoms with Crippen LogP contribution in [0.1, 0.15) is 27.2 Å². The summed E-state index contributed by atoms with van der Waals surface area (Å²) in [6.45, 7) is 6.56. The summed E-state index contributed by atoms with van der Waals surface area (Å²) in [5.41, 5.74) is 0. The van der Waals surface area contributed by atoms with E-state index in [1.54, 1.807) is 0 Å². The van der Waals surface area contributed by atoms with Crippen molar-refractivity contribution in [2.24, 2.45) is 0 Å². The Morgan fingerprint density at radius 2 is 2.21 bits per heavy atom. The van der Waals surface area contributed by atoms with Crippen LogP contribution in [-0.2, 0) is 9.53 Å². The van der Waals surface area contributed by atoms with Gasteiger partial charge < -0.3 is 9.64 Å². The minimum atomic E-state index is -0.109. The second-order valence-electron chi connectivity index (χ2n) is 3.33. The number of hydrogen-bond acceptors (Lipinski definition) is 3. The molecule has 0 aromatic rings. The van der Waals surface area contributed by atoms with Gasteiger partial charge in [0, 0.05) is 6.54 Å². The lowest BCUT2D eigenvalue weighted by molar-refractivity contribution is -0.137. The summed E-state index contributed by atoms with van der Waals surface area (Å²) in [6, 6.07) is 1.97. The van der Waals surface area contributed by atoms with Crippen LogP contribution in [0.3, 0.4) is 0 Å². The first-order valence-corrected chi connectivity index (χ1v) is 4.88. The van der Waals surface area contributed by atoms with Gasteiger partial charge in [0.25, 0.3) is 0 Å². The molecule has 0 aliphatic carbocycles. The SMILES string of the molecule is CCCN(CC#N)C(=O)COC(C)C. The van der Waals surface area contributed by atoms with Crippen molar-refractivity contribution in [3.05, 3.63) is 0 Å². The fourth-order valence-electron chi connectivity index (χ4n) is 0.976. The molecule has 0 aromatic carbocycles. The van der Waals surface area contributed by atoms with E-state index in [2.05, 4.69) is 0 Å². The molecule has 1 amide bonds. The van der Waals surface area contributed by atoms with E-state index in [1.807, 2.05) is 26.8 Å². The predicted octanol–water partition coefficient (Wildman–Crippen LogP) is 1.17. The zero-order valence-electron chi connectivity index (χ0n) is 9.12. The minimum Gasteiger partial charge on any atom is -0.369 e. The van der Waals surface area contributed by atoms with E-state index < -0.39 is 0 Å². The second-order valence-corrected chi connectivity index (χ2v) is 3.33. The number of ether oxygens (including phenoxy) is 1. The lowest BCUT2D eigenvalue weighted by Crippen LogP contribution is -2.35. The van der Waals surface area contributed by atoms with Gasteiger partial charge in [-0.15, -0.1) is 0 Å². The highest BCUT2D eigenvalue weighted by atomic mass is 16.5. The first-order chi connectivity index (χ1) is 6.61. The van der Waals surface area contributed by atoms with Crippen molar-refractivity contribution >= 4 is 5.91 Å². The van der Waals surface area contributed by atoms with Crippen molar-refractivity contribution in [3.63, 3.8) is 0 Å². The van der Waals surface area contributed by atoms with Gasteiger partial charge in [0.1, 0.15) is 13.2 Å². The zero-order chi connectivity index (χ0) is 11.0. The van der Waals surface area contributed by atoms with Crippen molar-refractivity contribution < 1.29 is 9.53 Å². The Balaban J connectivity index is 3.96. The first-order valence-electron chi connectivity index (χ1n) is 4.88. The van der Waals surface area contributed by atoms with Crippen LogP contribution in [0.2, 0.25) is 0 Å². The Labute approximate surface area is 85.5 Å². The molecule has 0 N–H and O–H groups in total. The van der Waals surface area contributed by atoms with Crippen LogP contribution >= 0.6 is 0 Å². The molecule has 0 aliphatic heterocycles. The quantitative estimate of drug-likeness (QED) is 0.602. The molecule has 14 heavy (non-hydrogen) atoms. The van der Waals surface area contributed by atoms with Crippen molar-refractivity contribution in [1.29, 1.82) is 5.26 Å². The van der Waals surface area contributed by atoms with Gasteiger partial charge >= 0.3 is 0 Å². The summed E-state index contributed by atoms with van der Waals surface area (Å²) in [7, 11) is 0. The average molecular weight is 198 g/mol. The van der Waals surface area contributed by atoms with Gasteiger partial charge in [0.15, 0.2) is 0 Å². The van der Waals surface area contributed by atoms with E-state index in [0.29, 0.717) is 6.54 Å². The molecule has 0 fully saturated rings. The minimum absolute atomic E-state index is 0.0458. The van der Waals surface area contributed by atoms with Crippen LogP contribution < -0.4 is 0 Å². The number of carbonyl (C=O) groups is 1. The molecular weight excluding hydrogens is 180 g/mol. The van der Waals surface area contributed by atoms with Crippen LogP contribution in [-0.4, -0.2) is 36.6 Å². The van der Waals surface area contributed by atoms with E-state index in [4.69, 9.17) is 10.00 Å². The molecule has 0 aromatic heterocycles. The van der Waals surface area contributed by atoms with Crippen molar-refractivity contribution in [2.45, 2.75) is 33.3 Å². The standard InChI is InChI=1S/C10H18N2O2/c1-4-6-12(7-5-11)10(13)8-14-9(2)3/h9H,4,6-8H2,1-3H3. The third kappa shape index (κ3) is 5.55. The molecule has 80 valence electrons. The summed E-state index contributed by atoms with van der Waals surface area (Å²) in [6.07, 6.45) is 0.902. The molecule has 0 bridgehead atoms. The number of amides is 1. The number of nitriles is 1. The third-order valence-electron chi connectivity index (χ3n) is 1.65. The van der Waals surface area contributed by atoms with Gasteiger partial charge in [0.2, 0.25) is 5.91 Å². The number of carbonyl (C=O) groups excluding carboxylic acids is 1. The Morgan fingerprint density at radius 3 is 2.64 bits per heavy atom. The van der Waals surface area contributed by atoms with Gasteiger partial charge in [-0.2, -0.15) is 5.26 Å². The van der Waals surface area contributed by atoms with Crippen molar-refractivity contribution in [2.75, 3.05) is 19.7 Å². The molecule has 0 saturated heterocycles. The normalized spacial score (nSPS) is 9.93. The van der Waals surface area contributed by atoms with Crippen LogP contribution in [0, 0.1) is 11.3 Å². The van der Waals surface area contributed by atoms with E-state index in [-0.39, 0.29) is 25.2 Å². The lowest BCUT2D eigenvalue weighted by atomic mass is 10.4. The Bertz CT molecular complexity index is 209. The summed E-state index contributed by atoms with van der Waals surface area (Å²) < 4.78 is 5.18. The maximum atomic E-state index is 11.5. The van der Waals surface area contributed by atoms with Crippen molar-refractivity contribution in [1.82, 2.24) is 4.90 Å². The predicted molar refractivity (Wildman–Crippen MR) is 53.6 cm³/mol. The Kier molecular flexibility index (Phi) is 6.77. The van der Waals surface area contributed by atoms with Crippen LogP contribution in [0.25, 0.3) is 0 Å². The van der Waals surface area contributed by atoms with E-state index in [0.717, 1.165) is 6.42 Å². The molecule has 0 atom stereocenters. The van der Waals surface area contributed by atoms with Gasteiger partial charge in [-0.05, 0) is 20.3 Å². The van der Waals surface area contributed by atoms with E-state index in [9.17, 15) is 4.79 Å². The second kappa shape index (κ2) is 7.34. The Morgan fingerprint density at radius 1 is 1.57 bits per heavy atom. The topological polar surface area (TPSA) is 53.3 Å². The molecule has 0 unspecified atom stereocenters. The fourth-order valence-corrected chi connectivity index (χ4v) is 0.976. The highest BCUT2D eigenvalue weighted by molar-refractivity contribution is 5.77. The molecule has 0 radical (unpaired) electrons. The third-order valence-corrected chi connectivity index (χ3v) is 1.65. The molecule has 0 spiro atoms. The smallest absolute Gasteiger partial charge is 0.249 e. The Hall–Kier alpha value is -1.08. The molecule has 0 saturated carbocycles. The summed E-state index contributed by atoms with van der Waals surface area (Å²) in [5.74, 6) is -0.109. The molecule has 0 rings (SSSR count). The van der Waals surface area contributed by atoms with Crippen LogP contribution in [0.15, 0.2) is 0 Å². The van der Waals surface area contributed by atoms with Gasteiger partial charge in [-0.1, -0.05) is 6.92 Å². The maximum Gasteiger partial charge on any atom is 0.249 e. The molecular formula is C10H18N2O2. The average Bonchev–Trinajstić information content (AvgIpc) is 2.14. The van der Waals surface area contributed by atoms with E-state index in [1.165, 1.54) is 4.90 Å². The van der Waals surface area contributed by atoms with Crippen molar-refractivity contribution in [3.8, 4) is 6.07 Å². The molecule has 4 nitrogen and oxygen atoms in total. The van der Waals surface area contributed by atoms with Gasteiger partial charge in [-0.25, -0.2) is 0 Å².